The number of hydrogen-bond acceptors (Lipinski definition) is 3. The Labute approximate surface area is 135 Å². The predicted molar refractivity (Wildman–Crippen MR) is 91.1 cm³/mol. The van der Waals surface area contributed by atoms with E-state index in [0.717, 1.165) is 22.2 Å². The summed E-state index contributed by atoms with van der Waals surface area (Å²) in [5, 5.41) is 4.43. The number of para-hydroxylation sites is 2. The van der Waals surface area contributed by atoms with Gasteiger partial charge in [-0.15, -0.1) is 0 Å². The number of methoxy groups -OCH3 is 1. The zero-order valence-corrected chi connectivity index (χ0v) is 12.9. The molecule has 1 unspecified atom stereocenters. The van der Waals surface area contributed by atoms with Gasteiger partial charge in [0.2, 0.25) is 0 Å². The van der Waals surface area contributed by atoms with E-state index >= 15 is 0 Å². The second kappa shape index (κ2) is 6.57. The molecule has 0 aliphatic heterocycles. The van der Waals surface area contributed by atoms with E-state index in [2.05, 4.69) is 10.3 Å². The van der Waals surface area contributed by atoms with Crippen molar-refractivity contribution in [2.24, 2.45) is 0 Å². The standard InChI is InChI=1S/C19H18N2O2/c1-13-7-3-5-9-16(13)21-18(11-19(22)23-2)15-12-20-17-10-6-4-8-14(15)17/h1,3-10,12,18,20-21H,11H2,2H3. The Hall–Kier alpha value is -2.75. The van der Waals surface area contributed by atoms with Crippen LogP contribution in [0.2, 0.25) is 0 Å². The van der Waals surface area contributed by atoms with Gasteiger partial charge in [0.25, 0.3) is 0 Å². The molecule has 2 N–H and O–H groups in total. The average Bonchev–Trinajstić information content (AvgIpc) is 3.00. The van der Waals surface area contributed by atoms with Crippen molar-refractivity contribution in [2.45, 2.75) is 12.5 Å². The highest BCUT2D eigenvalue weighted by Gasteiger charge is 2.20. The van der Waals surface area contributed by atoms with Crippen molar-refractivity contribution in [2.75, 3.05) is 12.4 Å². The van der Waals surface area contributed by atoms with Crippen LogP contribution in [0.25, 0.3) is 10.9 Å². The number of aromatic amines is 1. The van der Waals surface area contributed by atoms with Gasteiger partial charge in [-0.25, -0.2) is 0 Å². The third kappa shape index (κ3) is 3.21. The van der Waals surface area contributed by atoms with Crippen LogP contribution in [0.3, 0.4) is 0 Å². The fourth-order valence-electron chi connectivity index (χ4n) is 2.69. The maximum absolute atomic E-state index is 11.8. The van der Waals surface area contributed by atoms with Gasteiger partial charge in [0.05, 0.1) is 19.6 Å². The summed E-state index contributed by atoms with van der Waals surface area (Å²) in [7, 11) is 1.39. The fraction of sp³-hybridized carbons (Fsp3) is 0.158. The van der Waals surface area contributed by atoms with Gasteiger partial charge in [0.1, 0.15) is 0 Å². The Kier molecular flexibility index (Phi) is 4.33. The molecular weight excluding hydrogens is 288 g/mol. The molecule has 1 aromatic heterocycles. The van der Waals surface area contributed by atoms with Gasteiger partial charge in [-0.3, -0.25) is 4.79 Å². The normalized spacial score (nSPS) is 12.1. The molecule has 2 radical (unpaired) electrons. The summed E-state index contributed by atoms with van der Waals surface area (Å²) >= 11 is 0. The number of ether oxygens (including phenoxy) is 1. The van der Waals surface area contributed by atoms with E-state index in [-0.39, 0.29) is 18.4 Å². The van der Waals surface area contributed by atoms with Crippen LogP contribution >= 0.6 is 0 Å². The van der Waals surface area contributed by atoms with Crippen LogP contribution in [-0.4, -0.2) is 18.1 Å². The Morgan fingerprint density at radius 2 is 1.96 bits per heavy atom. The Morgan fingerprint density at radius 1 is 1.22 bits per heavy atom. The molecule has 0 amide bonds. The maximum atomic E-state index is 11.8. The highest BCUT2D eigenvalue weighted by molar-refractivity contribution is 5.85. The molecule has 4 heteroatoms. The van der Waals surface area contributed by atoms with E-state index in [0.29, 0.717) is 5.56 Å². The zero-order chi connectivity index (χ0) is 16.2. The molecule has 0 bridgehead atoms. The largest absolute Gasteiger partial charge is 0.469 e. The molecule has 3 rings (SSSR count). The predicted octanol–water partition coefficient (Wildman–Crippen LogP) is 3.94. The van der Waals surface area contributed by atoms with Gasteiger partial charge < -0.3 is 15.0 Å². The van der Waals surface area contributed by atoms with Crippen LogP contribution in [0.5, 0.6) is 0 Å². The highest BCUT2D eigenvalue weighted by Crippen LogP contribution is 2.30. The molecule has 0 aliphatic carbocycles. The monoisotopic (exact) mass is 306 g/mol. The van der Waals surface area contributed by atoms with Gasteiger partial charge in [0, 0.05) is 35.3 Å². The lowest BCUT2D eigenvalue weighted by molar-refractivity contribution is -0.140. The number of benzene rings is 2. The number of H-pyrrole nitrogens is 1. The number of anilines is 1. The molecule has 4 nitrogen and oxygen atoms in total. The Balaban J connectivity index is 1.98. The minimum atomic E-state index is -0.276. The molecule has 3 aromatic rings. The van der Waals surface area contributed by atoms with E-state index in [1.54, 1.807) is 0 Å². The summed E-state index contributed by atoms with van der Waals surface area (Å²) in [5.74, 6) is -0.276. The molecule has 0 saturated heterocycles. The van der Waals surface area contributed by atoms with Crippen LogP contribution in [0, 0.1) is 6.92 Å². The first-order valence-electron chi connectivity index (χ1n) is 7.43. The maximum Gasteiger partial charge on any atom is 0.307 e. The lowest BCUT2D eigenvalue weighted by Crippen LogP contribution is -2.16. The number of aromatic nitrogens is 1. The first-order chi connectivity index (χ1) is 11.2. The van der Waals surface area contributed by atoms with Crippen LogP contribution in [-0.2, 0) is 9.53 Å². The zero-order valence-electron chi connectivity index (χ0n) is 12.9. The van der Waals surface area contributed by atoms with Crippen LogP contribution in [0.4, 0.5) is 5.69 Å². The summed E-state index contributed by atoms with van der Waals surface area (Å²) in [6.45, 7) is 6.01. The molecule has 1 atom stereocenters. The third-order valence-corrected chi connectivity index (χ3v) is 3.89. The molecule has 23 heavy (non-hydrogen) atoms. The Morgan fingerprint density at radius 3 is 2.74 bits per heavy atom. The molecule has 0 spiro atoms. The topological polar surface area (TPSA) is 54.1 Å². The number of nitrogens with one attached hydrogen (secondary N) is 2. The van der Waals surface area contributed by atoms with Crippen molar-refractivity contribution >= 4 is 22.6 Å². The first kappa shape index (κ1) is 15.2. The number of fused-ring (bicyclic) bond motifs is 1. The van der Waals surface area contributed by atoms with E-state index in [1.807, 2.05) is 54.7 Å². The summed E-state index contributed by atoms with van der Waals surface area (Å²) in [4.78, 5) is 15.1. The van der Waals surface area contributed by atoms with Crippen LogP contribution < -0.4 is 5.32 Å². The summed E-state index contributed by atoms with van der Waals surface area (Å²) in [6, 6.07) is 15.3. The van der Waals surface area contributed by atoms with E-state index in [4.69, 9.17) is 11.7 Å². The van der Waals surface area contributed by atoms with Crippen LogP contribution in [0.15, 0.2) is 54.7 Å². The van der Waals surface area contributed by atoms with Crippen molar-refractivity contribution in [3.05, 3.63) is 72.8 Å². The van der Waals surface area contributed by atoms with Crippen molar-refractivity contribution in [3.63, 3.8) is 0 Å². The van der Waals surface area contributed by atoms with Crippen molar-refractivity contribution in [1.29, 1.82) is 0 Å². The van der Waals surface area contributed by atoms with E-state index in [9.17, 15) is 4.79 Å². The number of rotatable bonds is 5. The number of carbonyl (C=O) groups excluding carboxylic acids is 1. The molecule has 0 aliphatic rings. The molecule has 0 fully saturated rings. The van der Waals surface area contributed by atoms with Gasteiger partial charge in [-0.2, -0.15) is 0 Å². The van der Waals surface area contributed by atoms with Gasteiger partial charge in [-0.05, 0) is 17.7 Å². The average molecular weight is 306 g/mol. The second-order valence-corrected chi connectivity index (χ2v) is 5.35. The SMILES string of the molecule is [CH]c1ccccc1NC(CC(=O)OC)c1c[nH]c2ccccc12. The van der Waals surface area contributed by atoms with Crippen molar-refractivity contribution < 1.29 is 9.53 Å². The number of carbonyl (C=O) groups is 1. The lowest BCUT2D eigenvalue weighted by atomic mass is 10.0. The van der Waals surface area contributed by atoms with E-state index in [1.165, 1.54) is 7.11 Å². The summed E-state index contributed by atoms with van der Waals surface area (Å²) < 4.78 is 4.84. The van der Waals surface area contributed by atoms with Crippen molar-refractivity contribution in [3.8, 4) is 0 Å². The van der Waals surface area contributed by atoms with Gasteiger partial charge in [-0.1, -0.05) is 36.4 Å². The highest BCUT2D eigenvalue weighted by atomic mass is 16.5. The van der Waals surface area contributed by atoms with Crippen molar-refractivity contribution in [1.82, 2.24) is 4.98 Å². The minimum absolute atomic E-state index is 0.215. The Bertz CT molecular complexity index is 823. The molecule has 0 saturated carbocycles. The fourth-order valence-corrected chi connectivity index (χ4v) is 2.69. The smallest absolute Gasteiger partial charge is 0.307 e. The van der Waals surface area contributed by atoms with Crippen LogP contribution in [0.1, 0.15) is 23.6 Å². The lowest BCUT2D eigenvalue weighted by Gasteiger charge is -2.20. The quantitative estimate of drug-likeness (QED) is 0.702. The minimum Gasteiger partial charge on any atom is -0.469 e. The number of hydrogen-bond donors (Lipinski definition) is 2. The second-order valence-electron chi connectivity index (χ2n) is 5.35. The van der Waals surface area contributed by atoms with Gasteiger partial charge in [0.15, 0.2) is 0 Å². The number of esters is 1. The summed E-state index contributed by atoms with van der Waals surface area (Å²) in [6.07, 6.45) is 2.14. The summed E-state index contributed by atoms with van der Waals surface area (Å²) in [5.41, 5.74) is 3.48. The third-order valence-electron chi connectivity index (χ3n) is 3.89. The first-order valence-corrected chi connectivity index (χ1v) is 7.43. The molecule has 2 aromatic carbocycles. The molecular formula is C19H18N2O2. The van der Waals surface area contributed by atoms with Gasteiger partial charge >= 0.3 is 5.97 Å². The molecule has 116 valence electrons. The molecule has 1 heterocycles. The van der Waals surface area contributed by atoms with E-state index < -0.39 is 0 Å².